The molecule has 0 fully saturated rings. The number of ether oxygens (including phenoxy) is 1. The van der Waals surface area contributed by atoms with Crippen LogP contribution < -0.4 is 5.32 Å². The summed E-state index contributed by atoms with van der Waals surface area (Å²) in [7, 11) is 1.26. The van der Waals surface area contributed by atoms with E-state index in [4.69, 9.17) is 0 Å². The van der Waals surface area contributed by atoms with Gasteiger partial charge in [0.15, 0.2) is 5.60 Å². The average Bonchev–Trinajstić information content (AvgIpc) is 2.69. The van der Waals surface area contributed by atoms with Crippen molar-refractivity contribution in [2.75, 3.05) is 13.7 Å². The minimum Gasteiger partial charge on any atom is -0.467 e. The van der Waals surface area contributed by atoms with Crippen LogP contribution in [0.3, 0.4) is 0 Å². The molecule has 1 heterocycles. The summed E-state index contributed by atoms with van der Waals surface area (Å²) in [4.78, 5) is 11.1. The summed E-state index contributed by atoms with van der Waals surface area (Å²) in [5.74, 6) is -0.625. The Bertz CT molecular complexity index is 308. The Kier molecular flexibility index (Phi) is 4.26. The van der Waals surface area contributed by atoms with E-state index in [1.165, 1.54) is 14.0 Å². The molecule has 1 aromatic rings. The van der Waals surface area contributed by atoms with Crippen molar-refractivity contribution in [2.45, 2.75) is 19.1 Å². The molecule has 1 aromatic heterocycles. The number of hydrogen-bond donors (Lipinski definition) is 2. The van der Waals surface area contributed by atoms with Crippen molar-refractivity contribution in [1.82, 2.24) is 5.32 Å². The predicted molar refractivity (Wildman–Crippen MR) is 58.7 cm³/mol. The Morgan fingerprint density at radius 2 is 2.47 bits per heavy atom. The second-order valence-corrected chi connectivity index (χ2v) is 4.28. The van der Waals surface area contributed by atoms with Crippen LogP contribution in [-0.4, -0.2) is 30.3 Å². The summed E-state index contributed by atoms with van der Waals surface area (Å²) >= 11 is 1.61. The highest BCUT2D eigenvalue weighted by Crippen LogP contribution is 2.07. The summed E-state index contributed by atoms with van der Waals surface area (Å²) in [5.41, 5.74) is -0.328. The van der Waals surface area contributed by atoms with E-state index in [9.17, 15) is 9.90 Å². The molecule has 1 atom stereocenters. The summed E-state index contributed by atoms with van der Waals surface area (Å²) < 4.78 is 4.48. The first-order valence-electron chi connectivity index (χ1n) is 4.59. The van der Waals surface area contributed by atoms with Crippen molar-refractivity contribution in [2.24, 2.45) is 0 Å². The zero-order valence-corrected chi connectivity index (χ0v) is 9.63. The molecule has 1 rings (SSSR count). The molecular formula is C10H15NO3S. The Morgan fingerprint density at radius 3 is 3.00 bits per heavy atom. The van der Waals surface area contributed by atoms with Crippen LogP contribution in [0.2, 0.25) is 0 Å². The molecule has 0 spiro atoms. The molecule has 2 N–H and O–H groups in total. The molecule has 0 aliphatic carbocycles. The Balaban J connectivity index is 2.33. The summed E-state index contributed by atoms with van der Waals surface area (Å²) in [6.45, 7) is 2.24. The molecule has 5 heteroatoms. The zero-order chi connectivity index (χ0) is 11.3. The van der Waals surface area contributed by atoms with Gasteiger partial charge < -0.3 is 15.2 Å². The number of aliphatic hydroxyl groups is 1. The Hall–Kier alpha value is -0.910. The van der Waals surface area contributed by atoms with Gasteiger partial charge in [0.05, 0.1) is 7.11 Å². The van der Waals surface area contributed by atoms with E-state index in [0.717, 1.165) is 5.56 Å². The molecule has 0 amide bonds. The van der Waals surface area contributed by atoms with Gasteiger partial charge in [0.1, 0.15) is 0 Å². The lowest BCUT2D eigenvalue weighted by Crippen LogP contribution is -2.45. The topological polar surface area (TPSA) is 58.6 Å². The van der Waals surface area contributed by atoms with E-state index in [2.05, 4.69) is 10.1 Å². The highest BCUT2D eigenvalue weighted by atomic mass is 32.1. The standard InChI is InChI=1S/C10H15NO3S/c1-10(13,9(12)14-2)7-11-5-8-3-4-15-6-8/h3-4,6,11,13H,5,7H2,1-2H3. The number of carbonyl (C=O) groups is 1. The molecule has 15 heavy (non-hydrogen) atoms. The highest BCUT2D eigenvalue weighted by Gasteiger charge is 2.30. The van der Waals surface area contributed by atoms with Crippen LogP contribution in [0.5, 0.6) is 0 Å². The molecule has 0 aliphatic rings. The maximum atomic E-state index is 11.1. The second-order valence-electron chi connectivity index (χ2n) is 3.50. The monoisotopic (exact) mass is 229 g/mol. The first-order chi connectivity index (χ1) is 7.06. The highest BCUT2D eigenvalue weighted by molar-refractivity contribution is 7.07. The fourth-order valence-corrected chi connectivity index (χ4v) is 1.80. The van der Waals surface area contributed by atoms with E-state index in [-0.39, 0.29) is 6.54 Å². The fraction of sp³-hybridized carbons (Fsp3) is 0.500. The van der Waals surface area contributed by atoms with Crippen molar-refractivity contribution >= 4 is 17.3 Å². The van der Waals surface area contributed by atoms with Crippen molar-refractivity contribution in [1.29, 1.82) is 0 Å². The van der Waals surface area contributed by atoms with E-state index in [1.807, 2.05) is 16.8 Å². The van der Waals surface area contributed by atoms with Gasteiger partial charge >= 0.3 is 5.97 Å². The number of nitrogens with one attached hydrogen (secondary N) is 1. The van der Waals surface area contributed by atoms with Crippen LogP contribution >= 0.6 is 11.3 Å². The van der Waals surface area contributed by atoms with Gasteiger partial charge in [0.2, 0.25) is 0 Å². The Morgan fingerprint density at radius 1 is 1.73 bits per heavy atom. The lowest BCUT2D eigenvalue weighted by atomic mass is 10.1. The van der Waals surface area contributed by atoms with Crippen LogP contribution in [-0.2, 0) is 16.1 Å². The van der Waals surface area contributed by atoms with Gasteiger partial charge in [-0.3, -0.25) is 0 Å². The normalized spacial score (nSPS) is 14.6. The first-order valence-corrected chi connectivity index (χ1v) is 5.53. The molecule has 0 saturated heterocycles. The smallest absolute Gasteiger partial charge is 0.338 e. The molecule has 1 unspecified atom stereocenters. The number of hydrogen-bond acceptors (Lipinski definition) is 5. The van der Waals surface area contributed by atoms with Gasteiger partial charge in [-0.15, -0.1) is 0 Å². The van der Waals surface area contributed by atoms with Crippen LogP contribution in [0.25, 0.3) is 0 Å². The third-order valence-electron chi connectivity index (χ3n) is 2.00. The molecule has 0 saturated carbocycles. The van der Waals surface area contributed by atoms with E-state index < -0.39 is 11.6 Å². The lowest BCUT2D eigenvalue weighted by Gasteiger charge is -2.20. The number of rotatable bonds is 5. The largest absolute Gasteiger partial charge is 0.467 e. The van der Waals surface area contributed by atoms with E-state index in [1.54, 1.807) is 11.3 Å². The third kappa shape index (κ3) is 3.62. The van der Waals surface area contributed by atoms with Crippen LogP contribution in [0.15, 0.2) is 16.8 Å². The zero-order valence-electron chi connectivity index (χ0n) is 8.82. The van der Waals surface area contributed by atoms with Crippen LogP contribution in [0.1, 0.15) is 12.5 Å². The molecule has 84 valence electrons. The van der Waals surface area contributed by atoms with Gasteiger partial charge in [0.25, 0.3) is 0 Å². The quantitative estimate of drug-likeness (QED) is 0.732. The van der Waals surface area contributed by atoms with E-state index >= 15 is 0 Å². The predicted octanol–water partition coefficient (Wildman–Crippen LogP) is 0.762. The number of esters is 1. The number of carbonyl (C=O) groups excluding carboxylic acids is 1. The molecule has 0 aliphatic heterocycles. The molecule has 4 nitrogen and oxygen atoms in total. The van der Waals surface area contributed by atoms with Crippen molar-refractivity contribution in [3.05, 3.63) is 22.4 Å². The lowest BCUT2D eigenvalue weighted by molar-refractivity contribution is -0.159. The van der Waals surface area contributed by atoms with Crippen LogP contribution in [0.4, 0.5) is 0 Å². The second kappa shape index (κ2) is 5.25. The van der Waals surface area contributed by atoms with Crippen molar-refractivity contribution < 1.29 is 14.6 Å². The van der Waals surface area contributed by atoms with E-state index in [0.29, 0.717) is 6.54 Å². The van der Waals surface area contributed by atoms with Gasteiger partial charge in [-0.25, -0.2) is 4.79 Å². The first kappa shape index (κ1) is 12.2. The molecular weight excluding hydrogens is 214 g/mol. The van der Waals surface area contributed by atoms with Gasteiger partial charge in [-0.1, -0.05) is 0 Å². The molecule has 0 aromatic carbocycles. The van der Waals surface area contributed by atoms with Crippen molar-refractivity contribution in [3.63, 3.8) is 0 Å². The number of thiophene rings is 1. The summed E-state index contributed by atoms with van der Waals surface area (Å²) in [6.07, 6.45) is 0. The maximum absolute atomic E-state index is 11.1. The SMILES string of the molecule is COC(=O)C(C)(O)CNCc1ccsc1. The molecule has 0 radical (unpaired) electrons. The fourth-order valence-electron chi connectivity index (χ4n) is 1.14. The third-order valence-corrected chi connectivity index (χ3v) is 2.74. The van der Waals surface area contributed by atoms with Gasteiger partial charge in [-0.2, -0.15) is 11.3 Å². The Labute approximate surface area is 92.9 Å². The maximum Gasteiger partial charge on any atom is 0.338 e. The number of methoxy groups -OCH3 is 1. The van der Waals surface area contributed by atoms with Crippen molar-refractivity contribution in [3.8, 4) is 0 Å². The van der Waals surface area contributed by atoms with Crippen LogP contribution in [0, 0.1) is 0 Å². The summed E-state index contributed by atoms with van der Waals surface area (Å²) in [5, 5.41) is 16.7. The average molecular weight is 229 g/mol. The molecule has 0 bridgehead atoms. The van der Waals surface area contributed by atoms with Gasteiger partial charge in [-0.05, 0) is 29.3 Å². The summed E-state index contributed by atoms with van der Waals surface area (Å²) in [6, 6.07) is 1.99. The minimum atomic E-state index is -1.47. The minimum absolute atomic E-state index is 0.176. The van der Waals surface area contributed by atoms with Gasteiger partial charge in [0, 0.05) is 13.1 Å².